The number of aromatic amines is 1. The second-order valence-corrected chi connectivity index (χ2v) is 21.9. The Morgan fingerprint density at radius 2 is 1.56 bits per heavy atom. The summed E-state index contributed by atoms with van der Waals surface area (Å²) < 4.78 is 63.1. The Kier molecular flexibility index (Phi) is 16.6. The molecule has 80 heavy (non-hydrogen) atoms. The molecule has 1 saturated heterocycles. The molecule has 418 valence electrons. The van der Waals surface area contributed by atoms with Gasteiger partial charge in [-0.15, -0.1) is 0 Å². The summed E-state index contributed by atoms with van der Waals surface area (Å²) in [6, 6.07) is 20.3. The largest absolute Gasteiger partial charge is 0.493 e. The van der Waals surface area contributed by atoms with Crippen molar-refractivity contribution < 1.29 is 36.7 Å². The Morgan fingerprint density at radius 3 is 2.30 bits per heavy atom. The van der Waals surface area contributed by atoms with Crippen LogP contribution in [0.3, 0.4) is 0 Å². The second-order valence-electron chi connectivity index (χ2n) is 20.2. The lowest BCUT2D eigenvalue weighted by Gasteiger charge is -2.34. The van der Waals surface area contributed by atoms with E-state index < -0.39 is 21.7 Å². The van der Waals surface area contributed by atoms with Crippen LogP contribution in [-0.4, -0.2) is 122 Å². The maximum absolute atomic E-state index is 15.7. The number of hydrogen-bond donors (Lipinski definition) is 5. The number of amides is 3. The van der Waals surface area contributed by atoms with Gasteiger partial charge in [0.2, 0.25) is 5.91 Å². The monoisotopic (exact) mass is 1110 g/mol. The summed E-state index contributed by atoms with van der Waals surface area (Å²) in [7, 11) is -1.05. The van der Waals surface area contributed by atoms with Gasteiger partial charge in [-0.05, 0) is 86.7 Å². The van der Waals surface area contributed by atoms with E-state index in [1.54, 1.807) is 86.1 Å². The van der Waals surface area contributed by atoms with E-state index in [-0.39, 0.29) is 57.2 Å². The predicted molar refractivity (Wildman–Crippen MR) is 301 cm³/mol. The number of piperazine rings is 1. The highest BCUT2D eigenvalue weighted by molar-refractivity contribution is 7.92. The van der Waals surface area contributed by atoms with Crippen molar-refractivity contribution in [2.45, 2.75) is 69.1 Å². The van der Waals surface area contributed by atoms with E-state index in [1.165, 1.54) is 33.4 Å². The van der Waals surface area contributed by atoms with E-state index >= 15 is 4.39 Å². The zero-order valence-corrected chi connectivity index (χ0v) is 45.7. The first kappa shape index (κ1) is 54.8. The molecule has 4 aromatic carbocycles. The normalized spacial score (nSPS) is 13.9. The van der Waals surface area contributed by atoms with Crippen LogP contribution < -0.4 is 35.8 Å². The summed E-state index contributed by atoms with van der Waals surface area (Å²) in [6.07, 6.45) is 14.1. The van der Waals surface area contributed by atoms with Gasteiger partial charge < -0.3 is 30.3 Å². The van der Waals surface area contributed by atoms with E-state index in [1.807, 2.05) is 21.6 Å². The van der Waals surface area contributed by atoms with Crippen LogP contribution in [-0.2, 0) is 28.9 Å². The summed E-state index contributed by atoms with van der Waals surface area (Å²) in [5, 5.41) is 15.9. The second kappa shape index (κ2) is 24.2. The topological polar surface area (TPSA) is 244 Å². The molecular weight excluding hydrogens is 1050 g/mol. The number of aromatic nitrogens is 7. The molecule has 4 aromatic heterocycles. The number of halogens is 1. The summed E-state index contributed by atoms with van der Waals surface area (Å²) in [5.41, 5.74) is 4.49. The van der Waals surface area contributed by atoms with E-state index in [4.69, 9.17) is 14.5 Å². The standard InChI is InChI=1S/C57H64FN13O8S/c1-4-5-26-78-41-13-11-14-42(29-41)79-51-31-49-48(67(2)57(75)68(49)3)30-46(51)66-80(76,77)43-15-10-12-38(27-43)55(73)60-21-9-7-6-8-20-59-52(72)36-69-22-24-70(25-23-69)56(74)39-18-19-45(44(58)28-39)64-53-54-61-34-50(40-32-62-63-33-40)71(54)35-47(65-53)37-16-17-37/h10-15,18-19,27-35,37,66H,4-9,16-17,20-26,36H2,1-3H3,(H,59,72)(H,60,73)(H,62,63)(H,64,65). The Morgan fingerprint density at radius 1 is 0.812 bits per heavy atom. The molecule has 3 amide bonds. The third kappa shape index (κ3) is 12.6. The number of H-pyrrole nitrogens is 1. The molecule has 1 aliphatic carbocycles. The van der Waals surface area contributed by atoms with Gasteiger partial charge in [0.25, 0.3) is 21.8 Å². The van der Waals surface area contributed by atoms with Crippen molar-refractivity contribution in [1.29, 1.82) is 0 Å². The summed E-state index contributed by atoms with van der Waals surface area (Å²) in [4.78, 5) is 65.4. The molecule has 0 bridgehead atoms. The van der Waals surface area contributed by atoms with Crippen molar-refractivity contribution in [2.75, 3.05) is 62.5 Å². The Bertz CT molecular complexity index is 3740. The van der Waals surface area contributed by atoms with Gasteiger partial charge >= 0.3 is 5.69 Å². The van der Waals surface area contributed by atoms with E-state index in [0.29, 0.717) is 92.2 Å². The summed E-state index contributed by atoms with van der Waals surface area (Å²) >= 11 is 0. The van der Waals surface area contributed by atoms with Crippen LogP contribution in [0, 0.1) is 5.82 Å². The van der Waals surface area contributed by atoms with Gasteiger partial charge in [0.15, 0.2) is 17.2 Å². The molecule has 0 radical (unpaired) electrons. The summed E-state index contributed by atoms with van der Waals surface area (Å²) in [6.45, 7) is 5.42. The van der Waals surface area contributed by atoms with Gasteiger partial charge in [-0.2, -0.15) is 5.10 Å². The van der Waals surface area contributed by atoms with Crippen molar-refractivity contribution in [3.05, 3.63) is 137 Å². The molecule has 21 nitrogen and oxygen atoms in total. The number of ether oxygens (including phenoxy) is 2. The molecule has 5 heterocycles. The smallest absolute Gasteiger partial charge is 0.328 e. The van der Waals surface area contributed by atoms with Crippen LogP contribution in [0.5, 0.6) is 17.2 Å². The molecular formula is C57H64FN13O8S. The minimum atomic E-state index is -4.27. The Balaban J connectivity index is 0.640. The number of nitrogens with one attached hydrogen (secondary N) is 5. The number of carbonyl (C=O) groups is 3. The lowest BCUT2D eigenvalue weighted by molar-refractivity contribution is -0.122. The van der Waals surface area contributed by atoms with Gasteiger partial charge in [-0.25, -0.2) is 27.6 Å². The maximum atomic E-state index is 15.7. The van der Waals surface area contributed by atoms with E-state index in [2.05, 4.69) is 42.8 Å². The molecule has 2 aliphatic rings. The van der Waals surface area contributed by atoms with Gasteiger partial charge in [0, 0.05) is 100 Å². The van der Waals surface area contributed by atoms with Crippen LogP contribution in [0.15, 0.2) is 113 Å². The van der Waals surface area contributed by atoms with E-state index in [9.17, 15) is 27.6 Å². The molecule has 10 rings (SSSR count). The molecule has 23 heteroatoms. The quantitative estimate of drug-likeness (QED) is 0.0365. The highest BCUT2D eigenvalue weighted by Crippen LogP contribution is 2.41. The third-order valence-corrected chi connectivity index (χ3v) is 15.7. The molecule has 5 N–H and O–H groups in total. The van der Waals surface area contributed by atoms with Crippen LogP contribution in [0.25, 0.3) is 27.9 Å². The number of aryl methyl sites for hydroxylation is 2. The first-order valence-electron chi connectivity index (χ1n) is 27.0. The molecule has 0 spiro atoms. The summed E-state index contributed by atoms with van der Waals surface area (Å²) in [5.74, 6) is 0.477. The van der Waals surface area contributed by atoms with Gasteiger partial charge in [0.05, 0.1) is 64.2 Å². The first-order valence-corrected chi connectivity index (χ1v) is 28.4. The average Bonchev–Trinajstić information content (AvgIpc) is 3.92. The minimum absolute atomic E-state index is 0.0886. The SMILES string of the molecule is CCCCOc1cccc(Oc2cc3c(cc2NS(=O)(=O)c2cccc(C(=O)NCCCCCCNC(=O)CN4CCN(C(=O)c5ccc(Nc6nc(C7CC7)cn7c(-c8cn[nH]c8)cnc67)c(F)c5)CC4)c2)n(C)c(=O)n3C)c1. The fourth-order valence-electron chi connectivity index (χ4n) is 9.62. The van der Waals surface area contributed by atoms with Crippen LogP contribution >= 0.6 is 0 Å². The molecule has 0 atom stereocenters. The number of nitrogens with zero attached hydrogens (tertiary/aromatic N) is 8. The zero-order chi connectivity index (χ0) is 55.9. The molecule has 2 fully saturated rings. The highest BCUT2D eigenvalue weighted by atomic mass is 32.2. The van der Waals surface area contributed by atoms with Crippen molar-refractivity contribution in [3.63, 3.8) is 0 Å². The van der Waals surface area contributed by atoms with Crippen molar-refractivity contribution in [2.24, 2.45) is 14.1 Å². The lowest BCUT2D eigenvalue weighted by Crippen LogP contribution is -2.51. The fourth-order valence-corrected chi connectivity index (χ4v) is 10.7. The van der Waals surface area contributed by atoms with Gasteiger partial charge in [0.1, 0.15) is 17.3 Å². The van der Waals surface area contributed by atoms with Crippen LogP contribution in [0.1, 0.15) is 90.6 Å². The number of rotatable bonds is 24. The first-order chi connectivity index (χ1) is 38.7. The van der Waals surface area contributed by atoms with Crippen LogP contribution in [0.4, 0.5) is 21.6 Å². The fraction of sp³-hybridized carbons (Fsp3) is 0.351. The average molecular weight is 1110 g/mol. The maximum Gasteiger partial charge on any atom is 0.328 e. The number of fused-ring (bicyclic) bond motifs is 2. The molecule has 8 aromatic rings. The van der Waals surface area contributed by atoms with Crippen molar-refractivity contribution in [3.8, 4) is 28.5 Å². The lowest BCUT2D eigenvalue weighted by atomic mass is 10.1. The van der Waals surface area contributed by atoms with Gasteiger partial charge in [-0.3, -0.25) is 42.6 Å². The number of unbranched alkanes of at least 4 members (excludes halogenated alkanes) is 4. The highest BCUT2D eigenvalue weighted by Gasteiger charge is 2.29. The number of carbonyl (C=O) groups excluding carboxylic acids is 3. The number of anilines is 3. The van der Waals surface area contributed by atoms with E-state index in [0.717, 1.165) is 61.9 Å². The third-order valence-electron chi connectivity index (χ3n) is 14.3. The Labute approximate surface area is 461 Å². The molecule has 1 aliphatic heterocycles. The van der Waals surface area contributed by atoms with Crippen LogP contribution in [0.2, 0.25) is 0 Å². The number of hydrogen-bond acceptors (Lipinski definition) is 13. The van der Waals surface area contributed by atoms with Crippen molar-refractivity contribution in [1.82, 2.24) is 54.1 Å². The van der Waals surface area contributed by atoms with Gasteiger partial charge in [-0.1, -0.05) is 38.3 Å². The zero-order valence-electron chi connectivity index (χ0n) is 44.8. The van der Waals surface area contributed by atoms with Crippen molar-refractivity contribution >= 4 is 61.6 Å². The minimum Gasteiger partial charge on any atom is -0.493 e. The molecule has 0 unspecified atom stereocenters. The predicted octanol–water partition coefficient (Wildman–Crippen LogP) is 7.71. The molecule has 1 saturated carbocycles. The number of imidazole rings is 2. The number of sulfonamides is 1. The number of benzene rings is 4. The Hall–Kier alpha value is -8.57.